The number of carbonyl (C=O) groups is 1. The van der Waals surface area contributed by atoms with Crippen LogP contribution in [0.15, 0.2) is 36.5 Å². The summed E-state index contributed by atoms with van der Waals surface area (Å²) in [6.07, 6.45) is 5.01. The zero-order valence-electron chi connectivity index (χ0n) is 19.0. The van der Waals surface area contributed by atoms with Gasteiger partial charge in [0, 0.05) is 50.0 Å². The zero-order chi connectivity index (χ0) is 23.2. The van der Waals surface area contributed by atoms with E-state index in [1.54, 1.807) is 24.1 Å². The number of hydrogen-bond acceptors (Lipinski definition) is 7. The van der Waals surface area contributed by atoms with E-state index < -0.39 is 5.97 Å². The molecule has 0 spiro atoms. The van der Waals surface area contributed by atoms with Crippen LogP contribution in [0, 0.1) is 0 Å². The van der Waals surface area contributed by atoms with E-state index in [4.69, 9.17) is 14.5 Å². The van der Waals surface area contributed by atoms with Gasteiger partial charge in [0.1, 0.15) is 5.82 Å². The summed E-state index contributed by atoms with van der Waals surface area (Å²) in [5.74, 6) is 0.999. The molecule has 1 atom stereocenters. The molecule has 1 aliphatic heterocycles. The fraction of sp³-hybridized carbons (Fsp3) is 0.417. The lowest BCUT2D eigenvalue weighted by molar-refractivity contribution is -0.137. The molecule has 9 heteroatoms. The van der Waals surface area contributed by atoms with Gasteiger partial charge in [-0.05, 0) is 36.5 Å². The average Bonchev–Trinajstić information content (AvgIpc) is 3.17. The van der Waals surface area contributed by atoms with Crippen molar-refractivity contribution in [2.24, 2.45) is 7.05 Å². The number of anilines is 1. The van der Waals surface area contributed by atoms with Crippen molar-refractivity contribution < 1.29 is 19.4 Å². The molecule has 4 rings (SSSR count). The molecule has 0 saturated carbocycles. The highest BCUT2D eigenvalue weighted by Crippen LogP contribution is 2.26. The molecule has 1 unspecified atom stereocenters. The van der Waals surface area contributed by atoms with Crippen molar-refractivity contribution in [1.29, 1.82) is 0 Å². The Kier molecular flexibility index (Phi) is 7.07. The second-order valence-electron chi connectivity index (χ2n) is 8.17. The number of aromatic nitrogens is 4. The zero-order valence-corrected chi connectivity index (χ0v) is 19.0. The van der Waals surface area contributed by atoms with Crippen LogP contribution in [0.3, 0.4) is 0 Å². The molecule has 0 amide bonds. The standard InChI is InChI=1S/C24H29N5O4/c1-29-22(33-11-9-19-7-5-16-4-3-10-25-24(16)27-19)14-20(28-29)12-18(13-23(30)31)17-6-8-21(32-2)26-15-17/h5-8,14-15,18H,3-4,9-13H2,1-2H3,(H,25,27)(H,30,31). The molecule has 174 valence electrons. The summed E-state index contributed by atoms with van der Waals surface area (Å²) in [6.45, 7) is 1.44. The molecule has 0 radical (unpaired) electrons. The number of methoxy groups -OCH3 is 1. The molecule has 0 aliphatic carbocycles. The predicted molar refractivity (Wildman–Crippen MR) is 123 cm³/mol. The minimum Gasteiger partial charge on any atom is -0.481 e. The third kappa shape index (κ3) is 5.79. The van der Waals surface area contributed by atoms with E-state index in [2.05, 4.69) is 27.5 Å². The van der Waals surface area contributed by atoms with Gasteiger partial charge in [0.15, 0.2) is 0 Å². The van der Waals surface area contributed by atoms with E-state index in [0.717, 1.165) is 42.2 Å². The molecule has 0 bridgehead atoms. The van der Waals surface area contributed by atoms with Crippen molar-refractivity contribution >= 4 is 11.8 Å². The van der Waals surface area contributed by atoms with Crippen LogP contribution in [-0.4, -0.2) is 51.1 Å². The van der Waals surface area contributed by atoms with Crippen molar-refractivity contribution in [1.82, 2.24) is 19.7 Å². The number of carboxylic acid groups (broad SMARTS) is 1. The van der Waals surface area contributed by atoms with Crippen molar-refractivity contribution in [2.45, 2.75) is 38.0 Å². The van der Waals surface area contributed by atoms with Crippen LogP contribution >= 0.6 is 0 Å². The Balaban J connectivity index is 1.38. The summed E-state index contributed by atoms with van der Waals surface area (Å²) in [7, 11) is 3.37. The highest BCUT2D eigenvalue weighted by atomic mass is 16.5. The minimum atomic E-state index is -0.865. The number of aryl methyl sites for hydroxylation is 2. The van der Waals surface area contributed by atoms with Gasteiger partial charge in [-0.3, -0.25) is 4.79 Å². The Labute approximate surface area is 192 Å². The topological polar surface area (TPSA) is 111 Å². The first-order valence-electron chi connectivity index (χ1n) is 11.1. The maximum Gasteiger partial charge on any atom is 0.303 e. The SMILES string of the molecule is COc1ccc(C(CC(=O)O)Cc2cc(OCCc3ccc4c(n3)NCCC4)n(C)n2)cn1. The number of nitrogens with one attached hydrogen (secondary N) is 1. The summed E-state index contributed by atoms with van der Waals surface area (Å²) in [6, 6.07) is 9.65. The van der Waals surface area contributed by atoms with Gasteiger partial charge in [-0.15, -0.1) is 0 Å². The van der Waals surface area contributed by atoms with Crippen LogP contribution in [0.4, 0.5) is 5.82 Å². The number of aliphatic carboxylic acids is 1. The molecule has 33 heavy (non-hydrogen) atoms. The van der Waals surface area contributed by atoms with Crippen molar-refractivity contribution in [3.63, 3.8) is 0 Å². The Hall–Kier alpha value is -3.62. The normalized spacial score (nSPS) is 13.6. The van der Waals surface area contributed by atoms with Gasteiger partial charge in [0.2, 0.25) is 11.8 Å². The Bertz CT molecular complexity index is 1100. The molecule has 9 nitrogen and oxygen atoms in total. The first-order valence-corrected chi connectivity index (χ1v) is 11.1. The summed E-state index contributed by atoms with van der Waals surface area (Å²) in [5.41, 5.74) is 3.85. The van der Waals surface area contributed by atoms with Gasteiger partial charge in [0.05, 0.1) is 25.8 Å². The highest BCUT2D eigenvalue weighted by Gasteiger charge is 2.20. The number of nitrogens with zero attached hydrogens (tertiary/aromatic N) is 4. The monoisotopic (exact) mass is 451 g/mol. The van der Waals surface area contributed by atoms with Crippen molar-refractivity contribution in [3.8, 4) is 11.8 Å². The number of carboxylic acids is 1. The summed E-state index contributed by atoms with van der Waals surface area (Å²) >= 11 is 0. The number of hydrogen-bond donors (Lipinski definition) is 2. The van der Waals surface area contributed by atoms with E-state index in [0.29, 0.717) is 31.2 Å². The molecular weight excluding hydrogens is 422 g/mol. The molecule has 3 aromatic rings. The first kappa shape index (κ1) is 22.6. The molecule has 0 fully saturated rings. The average molecular weight is 452 g/mol. The summed E-state index contributed by atoms with van der Waals surface area (Å²) in [4.78, 5) is 20.3. The quantitative estimate of drug-likeness (QED) is 0.484. The number of fused-ring (bicyclic) bond motifs is 1. The molecular formula is C24H29N5O4. The molecule has 2 N–H and O–H groups in total. The molecule has 1 aliphatic rings. The van der Waals surface area contributed by atoms with Crippen LogP contribution in [0.25, 0.3) is 0 Å². The third-order valence-electron chi connectivity index (χ3n) is 5.76. The maximum atomic E-state index is 11.4. The van der Waals surface area contributed by atoms with Gasteiger partial charge in [-0.25, -0.2) is 14.6 Å². The van der Waals surface area contributed by atoms with E-state index >= 15 is 0 Å². The summed E-state index contributed by atoms with van der Waals surface area (Å²) in [5, 5.41) is 17.3. The molecule has 4 heterocycles. The van der Waals surface area contributed by atoms with Crippen LogP contribution in [-0.2, 0) is 31.1 Å². The van der Waals surface area contributed by atoms with E-state index in [1.807, 2.05) is 19.2 Å². The first-order chi connectivity index (χ1) is 16.0. The van der Waals surface area contributed by atoms with Crippen LogP contribution in [0.5, 0.6) is 11.8 Å². The Morgan fingerprint density at radius 2 is 2.15 bits per heavy atom. The lowest BCUT2D eigenvalue weighted by Crippen LogP contribution is -2.14. The maximum absolute atomic E-state index is 11.4. The number of ether oxygens (including phenoxy) is 2. The Morgan fingerprint density at radius 1 is 1.27 bits per heavy atom. The largest absolute Gasteiger partial charge is 0.481 e. The van der Waals surface area contributed by atoms with Crippen molar-refractivity contribution in [3.05, 3.63) is 59.0 Å². The fourth-order valence-corrected chi connectivity index (χ4v) is 4.03. The molecule has 3 aromatic heterocycles. The lowest BCUT2D eigenvalue weighted by atomic mass is 9.92. The summed E-state index contributed by atoms with van der Waals surface area (Å²) < 4.78 is 12.7. The second kappa shape index (κ2) is 10.3. The second-order valence-corrected chi connectivity index (χ2v) is 8.17. The Morgan fingerprint density at radius 3 is 2.91 bits per heavy atom. The molecule has 0 saturated heterocycles. The smallest absolute Gasteiger partial charge is 0.303 e. The van der Waals surface area contributed by atoms with Crippen LogP contribution < -0.4 is 14.8 Å². The number of pyridine rings is 2. The third-order valence-corrected chi connectivity index (χ3v) is 5.76. The fourth-order valence-electron chi connectivity index (χ4n) is 4.03. The van der Waals surface area contributed by atoms with Crippen LogP contribution in [0.2, 0.25) is 0 Å². The number of rotatable bonds is 10. The van der Waals surface area contributed by atoms with Gasteiger partial charge >= 0.3 is 5.97 Å². The van der Waals surface area contributed by atoms with E-state index in [-0.39, 0.29) is 12.3 Å². The van der Waals surface area contributed by atoms with Crippen molar-refractivity contribution in [2.75, 3.05) is 25.6 Å². The highest BCUT2D eigenvalue weighted by molar-refractivity contribution is 5.68. The van der Waals surface area contributed by atoms with Crippen LogP contribution in [0.1, 0.15) is 41.3 Å². The van der Waals surface area contributed by atoms with Gasteiger partial charge in [-0.1, -0.05) is 12.1 Å². The molecule has 0 aromatic carbocycles. The van der Waals surface area contributed by atoms with Gasteiger partial charge in [-0.2, -0.15) is 5.10 Å². The predicted octanol–water partition coefficient (Wildman–Crippen LogP) is 3.00. The lowest BCUT2D eigenvalue weighted by Gasteiger charge is -2.17. The van der Waals surface area contributed by atoms with Gasteiger partial charge in [0.25, 0.3) is 0 Å². The van der Waals surface area contributed by atoms with Gasteiger partial charge < -0.3 is 19.9 Å². The van der Waals surface area contributed by atoms with E-state index in [1.165, 1.54) is 5.56 Å². The minimum absolute atomic E-state index is 0.0151. The van der Waals surface area contributed by atoms with E-state index in [9.17, 15) is 9.90 Å².